The molecule has 3 N–H and O–H groups in total. The number of nitrogens with one attached hydrogen (secondary N) is 3. The average molecular weight is 370 g/mol. The highest BCUT2D eigenvalue weighted by atomic mass is 35.5. The normalized spacial score (nSPS) is 12.6. The van der Waals surface area contributed by atoms with Crippen LogP contribution in [0.1, 0.15) is 26.5 Å². The first-order valence-corrected chi connectivity index (χ1v) is 8.57. The number of halogens is 2. The summed E-state index contributed by atoms with van der Waals surface area (Å²) in [5, 5.41) is 2.99. The Labute approximate surface area is 147 Å². The Bertz CT molecular complexity index is 757. The molecule has 120 valence electrons. The van der Waals surface area contributed by atoms with Crippen LogP contribution in [0.3, 0.4) is 0 Å². The van der Waals surface area contributed by atoms with E-state index in [1.807, 2.05) is 6.07 Å². The Hall–Kier alpha value is -1.70. The number of hydrogen-bond donors (Lipinski definition) is 3. The van der Waals surface area contributed by atoms with E-state index in [1.54, 1.807) is 0 Å². The van der Waals surface area contributed by atoms with Crippen LogP contribution in [0, 0.1) is 5.82 Å². The van der Waals surface area contributed by atoms with Crippen LogP contribution in [0.2, 0.25) is 5.02 Å². The maximum Gasteiger partial charge on any atom is 0.279 e. The maximum absolute atomic E-state index is 13.1. The first-order chi connectivity index (χ1) is 11.0. The number of rotatable bonds is 2. The lowest BCUT2D eigenvalue weighted by atomic mass is 10.2. The Morgan fingerprint density at radius 3 is 2.83 bits per heavy atom. The van der Waals surface area contributed by atoms with Crippen molar-refractivity contribution < 1.29 is 9.18 Å². The minimum absolute atomic E-state index is 0.00469. The van der Waals surface area contributed by atoms with E-state index in [4.69, 9.17) is 23.8 Å². The molecule has 8 heteroatoms. The molecule has 1 aromatic carbocycles. The molecule has 1 amide bonds. The molecule has 1 aliphatic carbocycles. The van der Waals surface area contributed by atoms with Gasteiger partial charge in [-0.2, -0.15) is 0 Å². The van der Waals surface area contributed by atoms with E-state index >= 15 is 0 Å². The maximum atomic E-state index is 13.1. The van der Waals surface area contributed by atoms with Gasteiger partial charge in [-0.15, -0.1) is 11.3 Å². The van der Waals surface area contributed by atoms with E-state index in [0.29, 0.717) is 10.6 Å². The molecule has 4 nitrogen and oxygen atoms in total. The molecule has 2 aromatic rings. The van der Waals surface area contributed by atoms with Crippen molar-refractivity contribution in [2.24, 2.45) is 0 Å². The van der Waals surface area contributed by atoms with E-state index in [0.717, 1.165) is 19.3 Å². The number of carbonyl (C=O) groups is 1. The van der Waals surface area contributed by atoms with Crippen molar-refractivity contribution >= 4 is 51.9 Å². The fourth-order valence-electron chi connectivity index (χ4n) is 2.35. The van der Waals surface area contributed by atoms with Gasteiger partial charge in [-0.25, -0.2) is 4.39 Å². The van der Waals surface area contributed by atoms with Gasteiger partial charge in [-0.3, -0.25) is 15.6 Å². The number of thiophene rings is 1. The quantitative estimate of drug-likeness (QED) is 0.558. The largest absolute Gasteiger partial charge is 0.331 e. The molecule has 1 heterocycles. The average Bonchev–Trinajstić information content (AvgIpc) is 3.10. The summed E-state index contributed by atoms with van der Waals surface area (Å²) in [5.74, 6) is -0.735. The van der Waals surface area contributed by atoms with Crippen molar-refractivity contribution in [2.45, 2.75) is 19.3 Å². The summed E-state index contributed by atoms with van der Waals surface area (Å²) in [4.78, 5) is 14.0. The number of carbonyl (C=O) groups excluding carboxylic acids is 1. The second-order valence-electron chi connectivity index (χ2n) is 5.07. The lowest BCUT2D eigenvalue weighted by Gasteiger charge is -2.11. The number of fused-ring (bicyclic) bond motifs is 1. The number of anilines is 1. The third kappa shape index (κ3) is 3.80. The molecule has 3 rings (SSSR count). The van der Waals surface area contributed by atoms with E-state index in [1.165, 1.54) is 40.0 Å². The zero-order valence-electron chi connectivity index (χ0n) is 11.9. The van der Waals surface area contributed by atoms with Crippen molar-refractivity contribution in [1.29, 1.82) is 0 Å². The van der Waals surface area contributed by atoms with Gasteiger partial charge in [0.25, 0.3) is 5.91 Å². The summed E-state index contributed by atoms with van der Waals surface area (Å²) in [5.41, 5.74) is 6.95. The van der Waals surface area contributed by atoms with Gasteiger partial charge < -0.3 is 5.32 Å². The van der Waals surface area contributed by atoms with Crippen LogP contribution in [-0.4, -0.2) is 11.0 Å². The number of amides is 1. The Morgan fingerprint density at radius 1 is 1.26 bits per heavy atom. The monoisotopic (exact) mass is 369 g/mol. The topological polar surface area (TPSA) is 53.2 Å². The molecule has 0 spiro atoms. The highest BCUT2D eigenvalue weighted by Crippen LogP contribution is 2.30. The van der Waals surface area contributed by atoms with Crippen molar-refractivity contribution in [3.05, 3.63) is 50.4 Å². The van der Waals surface area contributed by atoms with Crippen LogP contribution in [0.25, 0.3) is 0 Å². The van der Waals surface area contributed by atoms with E-state index < -0.39 is 5.82 Å². The van der Waals surface area contributed by atoms with Crippen LogP contribution in [0.15, 0.2) is 24.3 Å². The molecule has 0 atom stereocenters. The van der Waals surface area contributed by atoms with Crippen LogP contribution < -0.4 is 16.2 Å². The molecular formula is C15H13ClFN3OS2. The minimum Gasteiger partial charge on any atom is -0.331 e. The molecule has 0 saturated carbocycles. The molecule has 0 unspecified atom stereocenters. The molecule has 0 aliphatic heterocycles. The third-order valence-corrected chi connectivity index (χ3v) is 5.17. The number of benzene rings is 1. The number of aryl methyl sites for hydroxylation is 2. The second kappa shape index (κ2) is 6.82. The molecular weight excluding hydrogens is 357 g/mol. The number of thiocarbonyl (C=S) groups is 1. The van der Waals surface area contributed by atoms with Crippen molar-refractivity contribution in [3.63, 3.8) is 0 Å². The van der Waals surface area contributed by atoms with Gasteiger partial charge in [-0.05, 0) is 61.3 Å². The fraction of sp³-hybridized carbons (Fsp3) is 0.200. The fourth-order valence-corrected chi connectivity index (χ4v) is 3.85. The molecule has 1 aromatic heterocycles. The van der Waals surface area contributed by atoms with E-state index in [2.05, 4.69) is 16.2 Å². The van der Waals surface area contributed by atoms with Crippen molar-refractivity contribution in [1.82, 2.24) is 10.9 Å². The molecule has 23 heavy (non-hydrogen) atoms. The molecule has 0 radical (unpaired) electrons. The lowest BCUT2D eigenvalue weighted by Crippen LogP contribution is -2.43. The van der Waals surface area contributed by atoms with Crippen LogP contribution in [0.5, 0.6) is 0 Å². The SMILES string of the molecule is O=C(NNC(=S)Nc1ccc(F)c(Cl)c1)c1cc2c(s1)CCC2. The smallest absolute Gasteiger partial charge is 0.279 e. The van der Waals surface area contributed by atoms with Gasteiger partial charge in [0, 0.05) is 10.6 Å². The Balaban J connectivity index is 1.53. The van der Waals surface area contributed by atoms with Crippen LogP contribution in [0.4, 0.5) is 10.1 Å². The van der Waals surface area contributed by atoms with Gasteiger partial charge in [0.05, 0.1) is 9.90 Å². The zero-order chi connectivity index (χ0) is 16.4. The predicted octanol–water partition coefficient (Wildman–Crippen LogP) is 3.66. The van der Waals surface area contributed by atoms with E-state index in [9.17, 15) is 9.18 Å². The standard InChI is InChI=1S/C15H13ClFN3OS2/c16-10-7-9(4-5-11(10)17)18-15(22)20-19-14(21)13-6-8-2-1-3-12(8)23-13/h4-7H,1-3H2,(H,19,21)(H2,18,20,22). The summed E-state index contributed by atoms with van der Waals surface area (Å²) in [6, 6.07) is 6.08. The van der Waals surface area contributed by atoms with Gasteiger partial charge in [0.2, 0.25) is 0 Å². The van der Waals surface area contributed by atoms with Gasteiger partial charge in [0.15, 0.2) is 5.11 Å². The first-order valence-electron chi connectivity index (χ1n) is 6.97. The van der Waals surface area contributed by atoms with Crippen LogP contribution >= 0.6 is 35.2 Å². The van der Waals surface area contributed by atoms with Gasteiger partial charge >= 0.3 is 0 Å². The summed E-state index contributed by atoms with van der Waals surface area (Å²) >= 11 is 12.3. The number of hydrazine groups is 1. The van der Waals surface area contributed by atoms with Gasteiger partial charge in [-0.1, -0.05) is 11.6 Å². The summed E-state index contributed by atoms with van der Waals surface area (Å²) in [7, 11) is 0. The highest BCUT2D eigenvalue weighted by molar-refractivity contribution is 7.80. The molecule has 1 aliphatic rings. The molecule has 0 fully saturated rings. The minimum atomic E-state index is -0.504. The van der Waals surface area contributed by atoms with E-state index in [-0.39, 0.29) is 16.0 Å². The Morgan fingerprint density at radius 2 is 2.09 bits per heavy atom. The summed E-state index contributed by atoms with van der Waals surface area (Å²) in [6.07, 6.45) is 3.25. The van der Waals surface area contributed by atoms with Crippen molar-refractivity contribution in [3.8, 4) is 0 Å². The van der Waals surface area contributed by atoms with Gasteiger partial charge in [0.1, 0.15) is 5.82 Å². The number of hydrogen-bond acceptors (Lipinski definition) is 3. The second-order valence-corrected chi connectivity index (χ2v) is 7.03. The summed E-state index contributed by atoms with van der Waals surface area (Å²) < 4.78 is 13.1. The first kappa shape index (κ1) is 16.2. The molecule has 0 saturated heterocycles. The lowest BCUT2D eigenvalue weighted by molar-refractivity contribution is 0.0948. The third-order valence-electron chi connectivity index (χ3n) is 3.44. The van der Waals surface area contributed by atoms with Crippen LogP contribution in [-0.2, 0) is 12.8 Å². The summed E-state index contributed by atoms with van der Waals surface area (Å²) in [6.45, 7) is 0. The Kier molecular flexibility index (Phi) is 4.79. The highest BCUT2D eigenvalue weighted by Gasteiger charge is 2.18. The van der Waals surface area contributed by atoms with Crippen molar-refractivity contribution in [2.75, 3.05) is 5.32 Å². The zero-order valence-corrected chi connectivity index (χ0v) is 14.3. The predicted molar refractivity (Wildman–Crippen MR) is 94.6 cm³/mol. The molecule has 0 bridgehead atoms.